The van der Waals surface area contributed by atoms with Crippen LogP contribution in [0.5, 0.6) is 11.5 Å². The van der Waals surface area contributed by atoms with Gasteiger partial charge in [-0.25, -0.2) is 0 Å². The van der Waals surface area contributed by atoms with E-state index >= 15 is 0 Å². The van der Waals surface area contributed by atoms with Gasteiger partial charge in [-0.1, -0.05) is 32.9 Å². The molecule has 1 aromatic rings. The molecule has 0 aliphatic carbocycles. The molecule has 0 aromatic heterocycles. The van der Waals surface area contributed by atoms with E-state index in [1.807, 2.05) is 24.3 Å². The standard InChI is InChI=1S/C15H23NO2/c1-15(2,3)12-10-13(17-4)11(7-6-8-16)9-14(12)18-5/h6-7,9-10H,8,16H2,1-5H3/b7-6+. The van der Waals surface area contributed by atoms with E-state index in [9.17, 15) is 0 Å². The van der Waals surface area contributed by atoms with Crippen molar-refractivity contribution in [2.75, 3.05) is 20.8 Å². The molecule has 100 valence electrons. The lowest BCUT2D eigenvalue weighted by Crippen LogP contribution is -2.13. The lowest BCUT2D eigenvalue weighted by molar-refractivity contribution is 0.387. The van der Waals surface area contributed by atoms with Crippen LogP contribution in [0.2, 0.25) is 0 Å². The van der Waals surface area contributed by atoms with Gasteiger partial charge in [0.1, 0.15) is 11.5 Å². The first kappa shape index (κ1) is 14.6. The summed E-state index contributed by atoms with van der Waals surface area (Å²) < 4.78 is 10.9. The molecule has 0 saturated carbocycles. The van der Waals surface area contributed by atoms with Crippen molar-refractivity contribution in [1.29, 1.82) is 0 Å². The second-order valence-electron chi connectivity index (χ2n) is 5.18. The Morgan fingerprint density at radius 3 is 2.17 bits per heavy atom. The van der Waals surface area contributed by atoms with Crippen molar-refractivity contribution in [3.63, 3.8) is 0 Å². The molecule has 0 unspecified atom stereocenters. The maximum absolute atomic E-state index is 5.48. The Balaban J connectivity index is 3.37. The van der Waals surface area contributed by atoms with Gasteiger partial charge in [-0.05, 0) is 17.5 Å². The van der Waals surface area contributed by atoms with Gasteiger partial charge >= 0.3 is 0 Å². The molecule has 0 amide bonds. The molecule has 3 nitrogen and oxygen atoms in total. The van der Waals surface area contributed by atoms with Crippen LogP contribution >= 0.6 is 0 Å². The van der Waals surface area contributed by atoms with Gasteiger partial charge in [0.25, 0.3) is 0 Å². The molecule has 18 heavy (non-hydrogen) atoms. The van der Waals surface area contributed by atoms with Crippen molar-refractivity contribution in [1.82, 2.24) is 0 Å². The second-order valence-corrected chi connectivity index (χ2v) is 5.18. The van der Waals surface area contributed by atoms with Crippen molar-refractivity contribution >= 4 is 6.08 Å². The Hall–Kier alpha value is -1.48. The number of nitrogens with two attached hydrogens (primary N) is 1. The zero-order chi connectivity index (χ0) is 13.8. The highest BCUT2D eigenvalue weighted by Gasteiger charge is 2.21. The van der Waals surface area contributed by atoms with E-state index in [1.165, 1.54) is 0 Å². The highest BCUT2D eigenvalue weighted by molar-refractivity contribution is 5.62. The zero-order valence-electron chi connectivity index (χ0n) is 11.9. The molecule has 0 atom stereocenters. The third-order valence-electron chi connectivity index (χ3n) is 2.79. The average Bonchev–Trinajstić information content (AvgIpc) is 2.33. The van der Waals surface area contributed by atoms with Gasteiger partial charge < -0.3 is 15.2 Å². The Morgan fingerprint density at radius 1 is 1.11 bits per heavy atom. The van der Waals surface area contributed by atoms with Crippen molar-refractivity contribution in [2.24, 2.45) is 5.73 Å². The molecule has 0 aliphatic heterocycles. The van der Waals surface area contributed by atoms with E-state index in [1.54, 1.807) is 14.2 Å². The van der Waals surface area contributed by atoms with Crippen molar-refractivity contribution in [3.8, 4) is 11.5 Å². The maximum atomic E-state index is 5.48. The van der Waals surface area contributed by atoms with Crippen LogP contribution in [0, 0.1) is 0 Å². The van der Waals surface area contributed by atoms with Crippen LogP contribution in [0.4, 0.5) is 0 Å². The third kappa shape index (κ3) is 3.26. The zero-order valence-corrected chi connectivity index (χ0v) is 11.9. The summed E-state index contributed by atoms with van der Waals surface area (Å²) in [7, 11) is 3.36. The van der Waals surface area contributed by atoms with Gasteiger partial charge in [0.2, 0.25) is 0 Å². The van der Waals surface area contributed by atoms with Gasteiger partial charge in [0, 0.05) is 17.7 Å². The first-order chi connectivity index (χ1) is 8.43. The monoisotopic (exact) mass is 249 g/mol. The molecule has 0 aliphatic rings. The van der Waals surface area contributed by atoms with Gasteiger partial charge in [-0.2, -0.15) is 0 Å². The molecule has 0 bridgehead atoms. The molecule has 3 heteroatoms. The predicted molar refractivity (Wildman–Crippen MR) is 76.3 cm³/mol. The Morgan fingerprint density at radius 2 is 1.72 bits per heavy atom. The molecule has 0 heterocycles. The molecule has 0 radical (unpaired) electrons. The van der Waals surface area contributed by atoms with E-state index in [0.717, 1.165) is 22.6 Å². The summed E-state index contributed by atoms with van der Waals surface area (Å²) in [5.41, 5.74) is 7.60. The lowest BCUT2D eigenvalue weighted by atomic mass is 9.85. The fourth-order valence-electron chi connectivity index (χ4n) is 1.83. The van der Waals surface area contributed by atoms with Crippen LogP contribution < -0.4 is 15.2 Å². The van der Waals surface area contributed by atoms with Crippen molar-refractivity contribution in [2.45, 2.75) is 26.2 Å². The van der Waals surface area contributed by atoms with Crippen LogP contribution in [-0.2, 0) is 5.41 Å². The van der Waals surface area contributed by atoms with E-state index in [4.69, 9.17) is 15.2 Å². The van der Waals surface area contributed by atoms with E-state index in [2.05, 4.69) is 20.8 Å². The molecule has 1 rings (SSSR count). The summed E-state index contributed by atoms with van der Waals surface area (Å²) in [6.07, 6.45) is 3.85. The summed E-state index contributed by atoms with van der Waals surface area (Å²) in [5.74, 6) is 1.71. The first-order valence-electron chi connectivity index (χ1n) is 6.07. The summed E-state index contributed by atoms with van der Waals surface area (Å²) in [6, 6.07) is 4.03. The number of methoxy groups -OCH3 is 2. The highest BCUT2D eigenvalue weighted by atomic mass is 16.5. The Bertz CT molecular complexity index is 431. The Kier molecular flexibility index (Phi) is 4.79. The summed E-state index contributed by atoms with van der Waals surface area (Å²) >= 11 is 0. The Labute approximate surface area is 110 Å². The van der Waals surface area contributed by atoms with Crippen LogP contribution in [0.3, 0.4) is 0 Å². The molecule has 2 N–H and O–H groups in total. The van der Waals surface area contributed by atoms with Crippen molar-refractivity contribution < 1.29 is 9.47 Å². The SMILES string of the molecule is COc1cc(C(C)(C)C)c(OC)cc1/C=C/CN. The minimum atomic E-state index is 0.00867. The van der Waals surface area contributed by atoms with Crippen LogP contribution in [0.15, 0.2) is 18.2 Å². The smallest absolute Gasteiger partial charge is 0.126 e. The largest absolute Gasteiger partial charge is 0.496 e. The fourth-order valence-corrected chi connectivity index (χ4v) is 1.83. The van der Waals surface area contributed by atoms with Gasteiger partial charge in [0.05, 0.1) is 14.2 Å². The van der Waals surface area contributed by atoms with Crippen molar-refractivity contribution in [3.05, 3.63) is 29.3 Å². The molecule has 0 spiro atoms. The quantitative estimate of drug-likeness (QED) is 0.892. The van der Waals surface area contributed by atoms with E-state index in [-0.39, 0.29) is 5.41 Å². The van der Waals surface area contributed by atoms with Gasteiger partial charge in [-0.15, -0.1) is 0 Å². The first-order valence-corrected chi connectivity index (χ1v) is 6.07. The second kappa shape index (κ2) is 5.91. The summed E-state index contributed by atoms with van der Waals surface area (Å²) in [4.78, 5) is 0. The van der Waals surface area contributed by atoms with Gasteiger partial charge in [0.15, 0.2) is 0 Å². The molecule has 0 fully saturated rings. The van der Waals surface area contributed by atoms with Crippen LogP contribution in [0.25, 0.3) is 6.08 Å². The minimum absolute atomic E-state index is 0.00867. The summed E-state index contributed by atoms with van der Waals surface area (Å²) in [5, 5.41) is 0. The molecule has 0 saturated heterocycles. The van der Waals surface area contributed by atoms with E-state index in [0.29, 0.717) is 6.54 Å². The van der Waals surface area contributed by atoms with Crippen LogP contribution in [0.1, 0.15) is 31.9 Å². The van der Waals surface area contributed by atoms with Crippen LogP contribution in [-0.4, -0.2) is 20.8 Å². The molecule has 1 aromatic carbocycles. The van der Waals surface area contributed by atoms with E-state index < -0.39 is 0 Å². The van der Waals surface area contributed by atoms with Gasteiger partial charge in [-0.3, -0.25) is 0 Å². The third-order valence-corrected chi connectivity index (χ3v) is 2.79. The topological polar surface area (TPSA) is 44.5 Å². The molecular weight excluding hydrogens is 226 g/mol. The average molecular weight is 249 g/mol. The number of hydrogen-bond acceptors (Lipinski definition) is 3. The number of hydrogen-bond donors (Lipinski definition) is 1. The normalized spacial score (nSPS) is 11.9. The highest BCUT2D eigenvalue weighted by Crippen LogP contribution is 2.37. The summed E-state index contributed by atoms with van der Waals surface area (Å²) in [6.45, 7) is 6.96. The predicted octanol–water partition coefficient (Wildman–Crippen LogP) is 2.97. The maximum Gasteiger partial charge on any atom is 0.126 e. The fraction of sp³-hybridized carbons (Fsp3) is 0.467. The molecular formula is C15H23NO2. The number of rotatable bonds is 4. The lowest BCUT2D eigenvalue weighted by Gasteiger charge is -2.23. The number of benzene rings is 1. The number of ether oxygens (including phenoxy) is 2. The minimum Gasteiger partial charge on any atom is -0.496 e.